The summed E-state index contributed by atoms with van der Waals surface area (Å²) in [5, 5.41) is 13.2. The fourth-order valence-corrected chi connectivity index (χ4v) is 1.45. The molecule has 0 aliphatic carbocycles. The molecule has 1 aromatic heterocycles. The summed E-state index contributed by atoms with van der Waals surface area (Å²) in [6.07, 6.45) is 0. The summed E-state index contributed by atoms with van der Waals surface area (Å²) in [7, 11) is 0. The zero-order chi connectivity index (χ0) is 11.5. The van der Waals surface area contributed by atoms with Gasteiger partial charge in [0, 0.05) is 12.1 Å². The second-order valence-electron chi connectivity index (χ2n) is 3.72. The van der Waals surface area contributed by atoms with E-state index in [9.17, 15) is 5.11 Å². The first-order chi connectivity index (χ1) is 7.63. The van der Waals surface area contributed by atoms with Crippen molar-refractivity contribution in [2.75, 3.05) is 0 Å². The fourth-order valence-electron chi connectivity index (χ4n) is 1.45. The largest absolute Gasteiger partial charge is 0.508 e. The van der Waals surface area contributed by atoms with Crippen LogP contribution < -0.4 is 4.74 Å². The van der Waals surface area contributed by atoms with Crippen LogP contribution in [0, 0.1) is 13.8 Å². The molecule has 0 saturated heterocycles. The summed E-state index contributed by atoms with van der Waals surface area (Å²) in [6.45, 7) is 4.06. The van der Waals surface area contributed by atoms with Gasteiger partial charge < -0.3 is 14.4 Å². The van der Waals surface area contributed by atoms with E-state index in [2.05, 4.69) is 5.16 Å². The van der Waals surface area contributed by atoms with Gasteiger partial charge in [-0.25, -0.2) is 0 Å². The van der Waals surface area contributed by atoms with Crippen LogP contribution in [0.2, 0.25) is 0 Å². The van der Waals surface area contributed by atoms with E-state index >= 15 is 0 Å². The van der Waals surface area contributed by atoms with Gasteiger partial charge in [-0.05, 0) is 31.5 Å². The van der Waals surface area contributed by atoms with Gasteiger partial charge in [-0.1, -0.05) is 5.16 Å². The van der Waals surface area contributed by atoms with Gasteiger partial charge in [-0.15, -0.1) is 0 Å². The molecule has 0 bridgehead atoms. The molecule has 2 rings (SSSR count). The molecule has 84 valence electrons. The zero-order valence-electron chi connectivity index (χ0n) is 9.23. The van der Waals surface area contributed by atoms with Gasteiger partial charge in [-0.2, -0.15) is 0 Å². The summed E-state index contributed by atoms with van der Waals surface area (Å²) >= 11 is 0. The molecule has 1 aromatic carbocycles. The minimum Gasteiger partial charge on any atom is -0.508 e. The van der Waals surface area contributed by atoms with Gasteiger partial charge in [0.25, 0.3) is 0 Å². The first kappa shape index (κ1) is 10.5. The highest BCUT2D eigenvalue weighted by Crippen LogP contribution is 2.21. The average molecular weight is 219 g/mol. The van der Waals surface area contributed by atoms with Gasteiger partial charge in [0.1, 0.15) is 29.6 Å². The zero-order valence-corrected chi connectivity index (χ0v) is 9.23. The first-order valence-electron chi connectivity index (χ1n) is 4.99. The lowest BCUT2D eigenvalue weighted by molar-refractivity contribution is 0.286. The smallest absolute Gasteiger partial charge is 0.134 e. The van der Waals surface area contributed by atoms with Crippen LogP contribution in [-0.2, 0) is 6.61 Å². The highest BCUT2D eigenvalue weighted by Gasteiger charge is 2.02. The Morgan fingerprint density at radius 1 is 1.25 bits per heavy atom. The van der Waals surface area contributed by atoms with Crippen molar-refractivity contribution in [3.8, 4) is 11.5 Å². The van der Waals surface area contributed by atoms with Gasteiger partial charge >= 0.3 is 0 Å². The lowest BCUT2D eigenvalue weighted by atomic mass is 10.2. The molecule has 1 heterocycles. The second kappa shape index (κ2) is 4.26. The summed E-state index contributed by atoms with van der Waals surface area (Å²) < 4.78 is 10.4. The molecule has 0 amide bonds. The van der Waals surface area contributed by atoms with Crippen molar-refractivity contribution in [2.45, 2.75) is 20.5 Å². The third-order valence-electron chi connectivity index (χ3n) is 2.10. The number of phenols is 1. The summed E-state index contributed by atoms with van der Waals surface area (Å²) in [6, 6.07) is 6.91. The molecule has 0 unspecified atom stereocenters. The van der Waals surface area contributed by atoms with E-state index in [1.54, 1.807) is 12.1 Å². The number of hydrogen-bond acceptors (Lipinski definition) is 4. The van der Waals surface area contributed by atoms with E-state index in [0.29, 0.717) is 12.4 Å². The van der Waals surface area contributed by atoms with Crippen molar-refractivity contribution in [1.82, 2.24) is 5.16 Å². The number of benzene rings is 1. The Morgan fingerprint density at radius 2 is 2.06 bits per heavy atom. The molecule has 0 fully saturated rings. The lowest BCUT2D eigenvalue weighted by Crippen LogP contribution is -1.95. The van der Waals surface area contributed by atoms with Crippen LogP contribution in [-0.4, -0.2) is 10.3 Å². The van der Waals surface area contributed by atoms with Crippen molar-refractivity contribution in [3.05, 3.63) is 41.3 Å². The number of hydrogen-bond donors (Lipinski definition) is 1. The summed E-state index contributed by atoms with van der Waals surface area (Å²) in [5.74, 6) is 1.58. The quantitative estimate of drug-likeness (QED) is 0.862. The van der Waals surface area contributed by atoms with E-state index in [1.165, 1.54) is 0 Å². The number of aromatic hydroxyl groups is 1. The standard InChI is InChI=1S/C12H13NO3/c1-8-3-11(14)6-12(4-8)15-7-10-5-9(2)16-13-10/h3-6,14H,7H2,1-2H3. The molecule has 0 aliphatic rings. The number of ether oxygens (including phenoxy) is 1. The number of nitrogens with zero attached hydrogens (tertiary/aromatic N) is 1. The Kier molecular flexibility index (Phi) is 2.81. The van der Waals surface area contributed by atoms with Crippen LogP contribution in [0.3, 0.4) is 0 Å². The molecule has 0 aliphatic heterocycles. The third kappa shape index (κ3) is 2.53. The minimum atomic E-state index is 0.200. The van der Waals surface area contributed by atoms with Gasteiger partial charge in [0.15, 0.2) is 0 Å². The van der Waals surface area contributed by atoms with Crippen molar-refractivity contribution in [3.63, 3.8) is 0 Å². The third-order valence-corrected chi connectivity index (χ3v) is 2.10. The Morgan fingerprint density at radius 3 is 2.69 bits per heavy atom. The predicted molar refractivity (Wildman–Crippen MR) is 58.4 cm³/mol. The van der Waals surface area contributed by atoms with Crippen LogP contribution >= 0.6 is 0 Å². The molecule has 0 atom stereocenters. The molecule has 2 aromatic rings. The molecule has 0 saturated carbocycles. The average Bonchev–Trinajstić information content (AvgIpc) is 2.60. The topological polar surface area (TPSA) is 55.5 Å². The predicted octanol–water partition coefficient (Wildman–Crippen LogP) is 2.58. The van der Waals surface area contributed by atoms with Crippen LogP contribution in [0.4, 0.5) is 0 Å². The van der Waals surface area contributed by atoms with Crippen molar-refractivity contribution < 1.29 is 14.4 Å². The van der Waals surface area contributed by atoms with E-state index in [1.807, 2.05) is 26.0 Å². The molecule has 0 radical (unpaired) electrons. The number of aryl methyl sites for hydroxylation is 2. The maximum atomic E-state index is 9.38. The first-order valence-corrected chi connectivity index (χ1v) is 4.99. The Balaban J connectivity index is 2.04. The Labute approximate surface area is 93.5 Å². The van der Waals surface area contributed by atoms with Crippen LogP contribution in [0.1, 0.15) is 17.0 Å². The molecule has 16 heavy (non-hydrogen) atoms. The van der Waals surface area contributed by atoms with Gasteiger partial charge in [0.2, 0.25) is 0 Å². The van der Waals surface area contributed by atoms with E-state index in [-0.39, 0.29) is 5.75 Å². The van der Waals surface area contributed by atoms with Gasteiger partial charge in [0.05, 0.1) is 0 Å². The van der Waals surface area contributed by atoms with Crippen molar-refractivity contribution in [1.29, 1.82) is 0 Å². The van der Waals surface area contributed by atoms with Crippen LogP contribution in [0.25, 0.3) is 0 Å². The lowest BCUT2D eigenvalue weighted by Gasteiger charge is -2.05. The molecule has 4 heteroatoms. The van der Waals surface area contributed by atoms with E-state index in [4.69, 9.17) is 9.26 Å². The SMILES string of the molecule is Cc1cc(O)cc(OCc2cc(C)on2)c1. The van der Waals surface area contributed by atoms with Crippen LogP contribution in [0.15, 0.2) is 28.8 Å². The maximum Gasteiger partial charge on any atom is 0.134 e. The molecule has 1 N–H and O–H groups in total. The van der Waals surface area contributed by atoms with Gasteiger partial charge in [-0.3, -0.25) is 0 Å². The van der Waals surface area contributed by atoms with E-state index < -0.39 is 0 Å². The summed E-state index contributed by atoms with van der Waals surface area (Å²) in [4.78, 5) is 0. The molecular weight excluding hydrogens is 206 g/mol. The fraction of sp³-hybridized carbons (Fsp3) is 0.250. The molecule has 4 nitrogen and oxygen atoms in total. The number of aromatic nitrogens is 1. The Hall–Kier alpha value is -1.97. The minimum absolute atomic E-state index is 0.200. The van der Waals surface area contributed by atoms with Crippen molar-refractivity contribution in [2.24, 2.45) is 0 Å². The number of phenolic OH excluding ortho intramolecular Hbond substituents is 1. The highest BCUT2D eigenvalue weighted by molar-refractivity contribution is 5.36. The molecule has 0 spiro atoms. The normalized spacial score (nSPS) is 10.4. The summed E-state index contributed by atoms with van der Waals surface area (Å²) in [5.41, 5.74) is 1.69. The van der Waals surface area contributed by atoms with Crippen molar-refractivity contribution >= 4 is 0 Å². The van der Waals surface area contributed by atoms with Crippen LogP contribution in [0.5, 0.6) is 11.5 Å². The Bertz CT molecular complexity index is 471. The number of rotatable bonds is 3. The highest BCUT2D eigenvalue weighted by atomic mass is 16.5. The second-order valence-corrected chi connectivity index (χ2v) is 3.72. The monoisotopic (exact) mass is 219 g/mol. The molecular formula is C12H13NO3. The van der Waals surface area contributed by atoms with E-state index in [0.717, 1.165) is 17.0 Å². The maximum absolute atomic E-state index is 9.38.